The van der Waals surface area contributed by atoms with Gasteiger partial charge in [0.1, 0.15) is 11.2 Å². The van der Waals surface area contributed by atoms with Crippen molar-refractivity contribution < 1.29 is 19.2 Å². The van der Waals surface area contributed by atoms with E-state index in [1.54, 1.807) is 17.9 Å². The van der Waals surface area contributed by atoms with Crippen molar-refractivity contribution in [2.24, 2.45) is 4.99 Å². The Balaban J connectivity index is 1.47. The molecule has 1 N–H and O–H groups in total. The summed E-state index contributed by atoms with van der Waals surface area (Å²) in [5.41, 5.74) is 5.64. The molecule has 1 atom stereocenters. The van der Waals surface area contributed by atoms with E-state index >= 15 is 0 Å². The normalized spacial score (nSPS) is 21.5. The second-order valence-corrected chi connectivity index (χ2v) is 10.8. The minimum Gasteiger partial charge on any atom is -0.376 e. The summed E-state index contributed by atoms with van der Waals surface area (Å²) in [6, 6.07) is 18.1. The van der Waals surface area contributed by atoms with Crippen LogP contribution in [0.1, 0.15) is 61.5 Å². The Hall–Kier alpha value is -3.87. The van der Waals surface area contributed by atoms with Crippen LogP contribution in [0, 0.1) is 0 Å². The molecule has 0 spiro atoms. The number of aliphatic imine (C=N–C) groups is 1. The molecule has 37 heavy (non-hydrogen) atoms. The van der Waals surface area contributed by atoms with Gasteiger partial charge in [0.05, 0.1) is 5.60 Å². The molecule has 3 heterocycles. The van der Waals surface area contributed by atoms with Crippen LogP contribution in [-0.4, -0.2) is 41.5 Å². The predicted molar refractivity (Wildman–Crippen MR) is 141 cm³/mol. The number of amides is 1. The maximum absolute atomic E-state index is 13.9. The average molecular weight is 499 g/mol. The number of benzene rings is 2. The molecule has 0 radical (unpaired) electrons. The number of hydrogen-bond donors (Lipinski definition) is 1. The number of amidine groups is 1. The molecule has 1 saturated carbocycles. The van der Waals surface area contributed by atoms with Gasteiger partial charge in [-0.05, 0) is 81.3 Å². The second-order valence-electron chi connectivity index (χ2n) is 10.8. The van der Waals surface area contributed by atoms with Crippen molar-refractivity contribution in [1.82, 2.24) is 10.0 Å². The maximum atomic E-state index is 13.9. The van der Waals surface area contributed by atoms with E-state index in [1.165, 1.54) is 5.56 Å². The molecule has 3 aromatic rings. The molecule has 0 unspecified atom stereocenters. The summed E-state index contributed by atoms with van der Waals surface area (Å²) < 4.78 is 8.01. The summed E-state index contributed by atoms with van der Waals surface area (Å²) in [5.74, 6) is 2.38. The molecule has 8 nitrogen and oxygen atoms in total. The van der Waals surface area contributed by atoms with Gasteiger partial charge in [-0.1, -0.05) is 24.3 Å². The quantitative estimate of drug-likeness (QED) is 0.516. The summed E-state index contributed by atoms with van der Waals surface area (Å²) in [5, 5.41) is 1.00. The Morgan fingerprint density at radius 2 is 1.95 bits per heavy atom. The van der Waals surface area contributed by atoms with Gasteiger partial charge < -0.3 is 19.0 Å². The lowest BCUT2D eigenvalue weighted by Crippen LogP contribution is -2.39. The van der Waals surface area contributed by atoms with Crippen LogP contribution in [0.3, 0.4) is 0 Å². The van der Waals surface area contributed by atoms with Crippen molar-refractivity contribution in [3.05, 3.63) is 71.7 Å². The highest BCUT2D eigenvalue weighted by atomic mass is 16.7. The largest absolute Gasteiger partial charge is 0.376 e. The number of ether oxygens (including phenoxy) is 1. The first kappa shape index (κ1) is 23.5. The molecular weight excluding hydrogens is 468 g/mol. The first-order valence-corrected chi connectivity index (χ1v) is 12.7. The van der Waals surface area contributed by atoms with E-state index in [0.29, 0.717) is 17.4 Å². The first-order chi connectivity index (χ1) is 17.8. The van der Waals surface area contributed by atoms with E-state index in [0.717, 1.165) is 48.9 Å². The van der Waals surface area contributed by atoms with E-state index in [4.69, 9.17) is 9.57 Å². The van der Waals surface area contributed by atoms with Crippen molar-refractivity contribution in [3.63, 3.8) is 0 Å². The average Bonchev–Trinajstić information content (AvgIpc) is 3.38. The second kappa shape index (κ2) is 8.61. The standard InChI is InChI=1S/C29H30N4O4/c1-28(2)17-20(11-14-36-28)19-9-10-23-21(15-19)16-24(26(35)32(3)22-7-5-4-6-8-22)33(23)29(12-13-29)27-30-25(18-34)37-31-27/h4-10,15-16,20H,11-14,17H2,1-3H3,(H,30,31)/t20-/m0/s1. The number of carbonyl (C=O) groups is 1. The van der Waals surface area contributed by atoms with E-state index in [-0.39, 0.29) is 17.4 Å². The lowest BCUT2D eigenvalue weighted by atomic mass is 9.83. The molecule has 190 valence electrons. The van der Waals surface area contributed by atoms with E-state index in [2.05, 4.69) is 47.1 Å². The third kappa shape index (κ3) is 4.02. The van der Waals surface area contributed by atoms with E-state index in [1.807, 2.05) is 36.4 Å². The van der Waals surface area contributed by atoms with Gasteiger partial charge in [0.25, 0.3) is 5.91 Å². The van der Waals surface area contributed by atoms with Gasteiger partial charge in [0.15, 0.2) is 11.8 Å². The number of para-hydroxylation sites is 1. The SMILES string of the molecule is CN(C(=O)c1cc2cc([C@H]3CCOC(C)(C)C3)ccc2n1C1(C2=NC(=C=O)ON2)CC1)c1ccccc1. The molecule has 8 heteroatoms. The first-order valence-electron chi connectivity index (χ1n) is 12.7. The van der Waals surface area contributed by atoms with E-state index < -0.39 is 5.54 Å². The van der Waals surface area contributed by atoms with Crippen LogP contribution in [0.2, 0.25) is 0 Å². The number of hydrogen-bond acceptors (Lipinski definition) is 6. The molecule has 1 aliphatic carbocycles. The van der Waals surface area contributed by atoms with Crippen LogP contribution in [0.4, 0.5) is 5.69 Å². The number of anilines is 1. The molecule has 1 amide bonds. The van der Waals surface area contributed by atoms with Crippen LogP contribution in [0.15, 0.2) is 65.5 Å². The zero-order valence-electron chi connectivity index (χ0n) is 21.3. The fourth-order valence-corrected chi connectivity index (χ4v) is 5.73. The summed E-state index contributed by atoms with van der Waals surface area (Å²) in [6.45, 7) is 5.02. The Bertz CT molecular complexity index is 1460. The van der Waals surface area contributed by atoms with Crippen molar-refractivity contribution in [3.8, 4) is 0 Å². The summed E-state index contributed by atoms with van der Waals surface area (Å²) in [4.78, 5) is 36.3. The molecule has 2 aliphatic heterocycles. The predicted octanol–water partition coefficient (Wildman–Crippen LogP) is 4.69. The number of carbonyl (C=O) groups excluding carboxylic acids is 2. The highest BCUT2D eigenvalue weighted by Crippen LogP contribution is 2.49. The Morgan fingerprint density at radius 3 is 2.62 bits per heavy atom. The zero-order chi connectivity index (χ0) is 25.8. The minimum absolute atomic E-state index is 0.118. The van der Waals surface area contributed by atoms with Gasteiger partial charge >= 0.3 is 5.88 Å². The van der Waals surface area contributed by atoms with Crippen LogP contribution >= 0.6 is 0 Å². The Labute approximate surface area is 215 Å². The number of fused-ring (bicyclic) bond motifs is 1. The Kier molecular flexibility index (Phi) is 5.48. The summed E-state index contributed by atoms with van der Waals surface area (Å²) in [7, 11) is 1.79. The smallest absolute Gasteiger partial charge is 0.332 e. The van der Waals surface area contributed by atoms with Gasteiger partial charge in [0.2, 0.25) is 0 Å². The molecule has 0 bridgehead atoms. The summed E-state index contributed by atoms with van der Waals surface area (Å²) >= 11 is 0. The fraction of sp³-hybridized carbons (Fsp3) is 0.379. The number of aromatic nitrogens is 1. The fourth-order valence-electron chi connectivity index (χ4n) is 5.73. The number of nitrogens with zero attached hydrogens (tertiary/aromatic N) is 3. The molecule has 1 saturated heterocycles. The van der Waals surface area contributed by atoms with Crippen molar-refractivity contribution in [1.29, 1.82) is 0 Å². The highest BCUT2D eigenvalue weighted by Gasteiger charge is 2.54. The molecule has 1 aromatic heterocycles. The van der Waals surface area contributed by atoms with Crippen molar-refractivity contribution >= 4 is 34.3 Å². The maximum Gasteiger partial charge on any atom is 0.332 e. The lowest BCUT2D eigenvalue weighted by molar-refractivity contribution is -0.0592. The third-order valence-electron chi connectivity index (χ3n) is 7.80. The van der Waals surface area contributed by atoms with Gasteiger partial charge in [-0.15, -0.1) is 0 Å². The van der Waals surface area contributed by atoms with Crippen LogP contribution in [0.25, 0.3) is 10.9 Å². The number of rotatable bonds is 5. The lowest BCUT2D eigenvalue weighted by Gasteiger charge is -2.35. The minimum atomic E-state index is -0.592. The monoisotopic (exact) mass is 498 g/mol. The molecule has 2 fully saturated rings. The third-order valence-corrected chi connectivity index (χ3v) is 7.80. The molecule has 2 aromatic carbocycles. The number of nitrogens with one attached hydrogen (secondary N) is 1. The molecular formula is C29H30N4O4. The summed E-state index contributed by atoms with van der Waals surface area (Å²) in [6.07, 6.45) is 3.46. The van der Waals surface area contributed by atoms with Gasteiger partial charge in [0, 0.05) is 30.2 Å². The van der Waals surface area contributed by atoms with Gasteiger partial charge in [-0.2, -0.15) is 4.99 Å². The molecule has 6 rings (SSSR count). The Morgan fingerprint density at radius 1 is 1.16 bits per heavy atom. The van der Waals surface area contributed by atoms with Crippen molar-refractivity contribution in [2.45, 2.75) is 56.6 Å². The number of hydroxylamine groups is 1. The molecule has 3 aliphatic rings. The highest BCUT2D eigenvalue weighted by molar-refractivity contribution is 6.09. The van der Waals surface area contributed by atoms with Crippen LogP contribution in [0.5, 0.6) is 0 Å². The van der Waals surface area contributed by atoms with Gasteiger partial charge in [-0.3, -0.25) is 4.79 Å². The van der Waals surface area contributed by atoms with Crippen molar-refractivity contribution in [2.75, 3.05) is 18.6 Å². The van der Waals surface area contributed by atoms with Crippen LogP contribution in [-0.2, 0) is 19.9 Å². The van der Waals surface area contributed by atoms with E-state index in [9.17, 15) is 9.59 Å². The van der Waals surface area contributed by atoms with Gasteiger partial charge in [-0.25, -0.2) is 10.3 Å². The van der Waals surface area contributed by atoms with Crippen LogP contribution < -0.4 is 10.4 Å². The zero-order valence-corrected chi connectivity index (χ0v) is 21.3. The topological polar surface area (TPSA) is 85.2 Å².